The Balaban J connectivity index is 1.87. The SMILES string of the molecule is Cc1ccc([C@H](C)NC(=O)COC(=O)c2ccc([N+](=O)[O-])s2)cc1C. The molecular formula is C17H18N2O5S. The Morgan fingerprint density at radius 2 is 1.96 bits per heavy atom. The van der Waals surface area contributed by atoms with Crippen molar-refractivity contribution in [3.63, 3.8) is 0 Å². The molecule has 1 heterocycles. The van der Waals surface area contributed by atoms with E-state index in [1.165, 1.54) is 17.7 Å². The van der Waals surface area contributed by atoms with Crippen LogP contribution >= 0.6 is 11.3 Å². The average molecular weight is 362 g/mol. The van der Waals surface area contributed by atoms with E-state index in [2.05, 4.69) is 5.32 Å². The zero-order valence-corrected chi connectivity index (χ0v) is 14.9. The first-order chi connectivity index (χ1) is 11.8. The van der Waals surface area contributed by atoms with E-state index in [1.807, 2.05) is 39.0 Å². The number of benzene rings is 1. The second-order valence-corrected chi connectivity index (χ2v) is 6.67. The predicted molar refractivity (Wildman–Crippen MR) is 93.7 cm³/mol. The molecule has 0 aliphatic heterocycles. The Morgan fingerprint density at radius 1 is 1.24 bits per heavy atom. The largest absolute Gasteiger partial charge is 0.451 e. The molecule has 25 heavy (non-hydrogen) atoms. The summed E-state index contributed by atoms with van der Waals surface area (Å²) >= 11 is 0.709. The van der Waals surface area contributed by atoms with Gasteiger partial charge in [0.1, 0.15) is 4.88 Å². The molecule has 0 saturated heterocycles. The third-order valence-corrected chi connectivity index (χ3v) is 4.73. The number of carbonyl (C=O) groups excluding carboxylic acids is 2. The molecule has 0 spiro atoms. The van der Waals surface area contributed by atoms with Gasteiger partial charge in [-0.25, -0.2) is 4.79 Å². The number of ether oxygens (including phenoxy) is 1. The summed E-state index contributed by atoms with van der Waals surface area (Å²) in [4.78, 5) is 33.8. The number of nitrogens with one attached hydrogen (secondary N) is 1. The minimum atomic E-state index is -0.757. The van der Waals surface area contributed by atoms with Gasteiger partial charge in [0.2, 0.25) is 0 Å². The molecule has 1 N–H and O–H groups in total. The number of aryl methyl sites for hydroxylation is 2. The summed E-state index contributed by atoms with van der Waals surface area (Å²) in [5, 5.41) is 13.2. The Morgan fingerprint density at radius 3 is 2.56 bits per heavy atom. The lowest BCUT2D eigenvalue weighted by atomic mass is 10.0. The maximum absolute atomic E-state index is 11.9. The van der Waals surface area contributed by atoms with Crippen molar-refractivity contribution in [1.82, 2.24) is 5.32 Å². The highest BCUT2D eigenvalue weighted by Gasteiger charge is 2.18. The number of rotatable bonds is 6. The maximum atomic E-state index is 11.9. The van der Waals surface area contributed by atoms with Crippen molar-refractivity contribution in [2.24, 2.45) is 0 Å². The molecule has 7 nitrogen and oxygen atoms in total. The fraction of sp³-hybridized carbons (Fsp3) is 0.294. The number of hydrogen-bond acceptors (Lipinski definition) is 6. The first-order valence-electron chi connectivity index (χ1n) is 7.56. The van der Waals surface area contributed by atoms with Crippen molar-refractivity contribution >= 4 is 28.2 Å². The standard InChI is InChI=1S/C17H18N2O5S/c1-10-4-5-13(8-11(10)2)12(3)18-15(20)9-24-17(21)14-6-7-16(25-14)19(22)23/h4-8,12H,9H2,1-3H3,(H,18,20)/t12-/m0/s1. The molecule has 0 radical (unpaired) electrons. The predicted octanol–water partition coefficient (Wildman–Crippen LogP) is 3.31. The van der Waals surface area contributed by atoms with E-state index in [0.717, 1.165) is 11.1 Å². The Kier molecular flexibility index (Phi) is 5.87. The Labute approximate surface area is 148 Å². The third kappa shape index (κ3) is 4.87. The second kappa shape index (κ2) is 7.89. The number of nitrogens with zero attached hydrogens (tertiary/aromatic N) is 1. The molecule has 0 unspecified atom stereocenters. The van der Waals surface area contributed by atoms with E-state index in [9.17, 15) is 19.7 Å². The van der Waals surface area contributed by atoms with Gasteiger partial charge in [0.05, 0.1) is 11.0 Å². The quantitative estimate of drug-likeness (QED) is 0.483. The summed E-state index contributed by atoms with van der Waals surface area (Å²) in [7, 11) is 0. The van der Waals surface area contributed by atoms with Gasteiger partial charge in [0.25, 0.3) is 5.91 Å². The van der Waals surface area contributed by atoms with Crippen LogP contribution in [0, 0.1) is 24.0 Å². The number of esters is 1. The lowest BCUT2D eigenvalue weighted by molar-refractivity contribution is -0.380. The highest BCUT2D eigenvalue weighted by Crippen LogP contribution is 2.24. The minimum Gasteiger partial charge on any atom is -0.451 e. The maximum Gasteiger partial charge on any atom is 0.349 e. The second-order valence-electron chi connectivity index (χ2n) is 5.60. The summed E-state index contributed by atoms with van der Waals surface area (Å²) in [6.07, 6.45) is 0. The van der Waals surface area contributed by atoms with Gasteiger partial charge in [-0.3, -0.25) is 14.9 Å². The van der Waals surface area contributed by atoms with E-state index < -0.39 is 23.4 Å². The van der Waals surface area contributed by atoms with Crippen LogP contribution in [-0.4, -0.2) is 23.4 Å². The van der Waals surface area contributed by atoms with Gasteiger partial charge in [-0.1, -0.05) is 29.5 Å². The van der Waals surface area contributed by atoms with E-state index >= 15 is 0 Å². The molecule has 2 aromatic rings. The van der Waals surface area contributed by atoms with Crippen LogP contribution in [0.15, 0.2) is 30.3 Å². The monoisotopic (exact) mass is 362 g/mol. The van der Waals surface area contributed by atoms with Crippen molar-refractivity contribution in [1.29, 1.82) is 0 Å². The van der Waals surface area contributed by atoms with Crippen LogP contribution in [0.4, 0.5) is 5.00 Å². The normalized spacial score (nSPS) is 11.6. The molecule has 0 aliphatic rings. The number of thiophene rings is 1. The molecule has 0 saturated carbocycles. The molecule has 2 rings (SSSR count). The molecule has 0 aliphatic carbocycles. The zero-order chi connectivity index (χ0) is 18.6. The third-order valence-electron chi connectivity index (χ3n) is 3.72. The van der Waals surface area contributed by atoms with Crippen molar-refractivity contribution in [3.8, 4) is 0 Å². The van der Waals surface area contributed by atoms with Crippen molar-refractivity contribution in [2.45, 2.75) is 26.8 Å². The average Bonchev–Trinajstić information content (AvgIpc) is 3.05. The van der Waals surface area contributed by atoms with Crippen molar-refractivity contribution in [2.75, 3.05) is 6.61 Å². The first kappa shape index (κ1) is 18.6. The number of amides is 1. The van der Waals surface area contributed by atoms with Crippen LogP contribution in [0.25, 0.3) is 0 Å². The van der Waals surface area contributed by atoms with Crippen molar-refractivity contribution < 1.29 is 19.2 Å². The van der Waals surface area contributed by atoms with Gasteiger partial charge in [-0.2, -0.15) is 0 Å². The Hall–Kier alpha value is -2.74. The van der Waals surface area contributed by atoms with Gasteiger partial charge in [0.15, 0.2) is 6.61 Å². The zero-order valence-electron chi connectivity index (χ0n) is 14.1. The molecule has 1 aromatic carbocycles. The summed E-state index contributed by atoms with van der Waals surface area (Å²) < 4.78 is 4.90. The van der Waals surface area contributed by atoms with Gasteiger partial charge in [-0.15, -0.1) is 0 Å². The van der Waals surface area contributed by atoms with Crippen LogP contribution in [0.3, 0.4) is 0 Å². The smallest absolute Gasteiger partial charge is 0.349 e. The summed E-state index contributed by atoms with van der Waals surface area (Å²) in [5.41, 5.74) is 3.25. The molecule has 1 amide bonds. The lowest BCUT2D eigenvalue weighted by Gasteiger charge is -2.15. The molecular weight excluding hydrogens is 344 g/mol. The van der Waals surface area contributed by atoms with Crippen LogP contribution in [0.2, 0.25) is 0 Å². The van der Waals surface area contributed by atoms with Crippen molar-refractivity contribution in [3.05, 3.63) is 62.0 Å². The van der Waals surface area contributed by atoms with Crippen LogP contribution < -0.4 is 5.32 Å². The number of carbonyl (C=O) groups is 2. The number of nitro groups is 1. The molecule has 1 atom stereocenters. The van der Waals surface area contributed by atoms with E-state index in [1.54, 1.807) is 0 Å². The minimum absolute atomic E-state index is 0.0849. The van der Waals surface area contributed by atoms with E-state index in [0.29, 0.717) is 11.3 Å². The summed E-state index contributed by atoms with van der Waals surface area (Å²) in [5.74, 6) is -1.20. The van der Waals surface area contributed by atoms with Crippen LogP contribution in [0.5, 0.6) is 0 Å². The molecule has 0 bridgehead atoms. The van der Waals surface area contributed by atoms with Crippen LogP contribution in [0.1, 0.15) is 39.3 Å². The highest BCUT2D eigenvalue weighted by atomic mass is 32.1. The summed E-state index contributed by atoms with van der Waals surface area (Å²) in [6, 6.07) is 8.22. The fourth-order valence-electron chi connectivity index (χ4n) is 2.14. The number of hydrogen-bond donors (Lipinski definition) is 1. The topological polar surface area (TPSA) is 98.5 Å². The summed E-state index contributed by atoms with van der Waals surface area (Å²) in [6.45, 7) is 5.40. The van der Waals surface area contributed by atoms with Gasteiger partial charge in [0, 0.05) is 6.07 Å². The van der Waals surface area contributed by atoms with Gasteiger partial charge >= 0.3 is 11.0 Å². The first-order valence-corrected chi connectivity index (χ1v) is 8.37. The van der Waals surface area contributed by atoms with E-state index in [4.69, 9.17) is 4.74 Å². The highest BCUT2D eigenvalue weighted by molar-refractivity contribution is 7.17. The lowest BCUT2D eigenvalue weighted by Crippen LogP contribution is -2.31. The van der Waals surface area contributed by atoms with Crippen LogP contribution in [-0.2, 0) is 9.53 Å². The van der Waals surface area contributed by atoms with E-state index in [-0.39, 0.29) is 15.9 Å². The molecule has 1 aromatic heterocycles. The molecule has 0 fully saturated rings. The molecule has 132 valence electrons. The van der Waals surface area contributed by atoms with Gasteiger partial charge < -0.3 is 10.1 Å². The van der Waals surface area contributed by atoms with Gasteiger partial charge in [-0.05, 0) is 43.5 Å². The fourth-order valence-corrected chi connectivity index (χ4v) is 2.85. The Bertz CT molecular complexity index is 815. The molecule has 8 heteroatoms.